The molecule has 0 unspecified atom stereocenters. The van der Waals surface area contributed by atoms with E-state index in [9.17, 15) is 4.79 Å². The third-order valence-electron chi connectivity index (χ3n) is 2.69. The van der Waals surface area contributed by atoms with Gasteiger partial charge in [0.2, 0.25) is 0 Å². The van der Waals surface area contributed by atoms with E-state index in [-0.39, 0.29) is 5.78 Å². The number of hydrogen-bond donors (Lipinski definition) is 2. The Morgan fingerprint density at radius 2 is 2.18 bits per heavy atom. The van der Waals surface area contributed by atoms with Crippen LogP contribution in [0.1, 0.15) is 28.4 Å². The number of aryl methyl sites for hydroxylation is 1. The maximum atomic E-state index is 11.3. The molecule has 0 amide bonds. The molecule has 0 bridgehead atoms. The van der Waals surface area contributed by atoms with Crippen LogP contribution in [0.25, 0.3) is 0 Å². The van der Waals surface area contributed by atoms with Crippen LogP contribution in [0.3, 0.4) is 0 Å². The zero-order valence-electron chi connectivity index (χ0n) is 10.1. The molecule has 17 heavy (non-hydrogen) atoms. The number of anilines is 1. The zero-order chi connectivity index (χ0) is 12.3. The van der Waals surface area contributed by atoms with Crippen LogP contribution >= 0.6 is 0 Å². The van der Waals surface area contributed by atoms with Crippen LogP contribution in [-0.2, 0) is 6.54 Å². The van der Waals surface area contributed by atoms with Gasteiger partial charge in [-0.1, -0.05) is 29.8 Å². The molecule has 0 aliphatic rings. The van der Waals surface area contributed by atoms with Crippen molar-refractivity contribution in [1.29, 1.82) is 0 Å². The van der Waals surface area contributed by atoms with E-state index in [0.717, 1.165) is 12.2 Å². The van der Waals surface area contributed by atoms with E-state index in [1.807, 2.05) is 12.3 Å². The van der Waals surface area contributed by atoms with Gasteiger partial charge in [0.1, 0.15) is 0 Å². The van der Waals surface area contributed by atoms with Gasteiger partial charge >= 0.3 is 0 Å². The molecule has 0 radical (unpaired) electrons. The van der Waals surface area contributed by atoms with E-state index >= 15 is 0 Å². The number of ketones is 1. The molecule has 0 aliphatic heterocycles. The number of hydrogen-bond acceptors (Lipinski definition) is 2. The molecule has 3 nitrogen and oxygen atoms in total. The van der Waals surface area contributed by atoms with E-state index in [1.165, 1.54) is 11.1 Å². The van der Waals surface area contributed by atoms with Crippen molar-refractivity contribution in [2.45, 2.75) is 20.4 Å². The predicted octanol–water partition coefficient (Wildman–Crippen LogP) is 3.14. The van der Waals surface area contributed by atoms with Crippen LogP contribution in [0.2, 0.25) is 0 Å². The van der Waals surface area contributed by atoms with E-state index < -0.39 is 0 Å². The van der Waals surface area contributed by atoms with Crippen molar-refractivity contribution >= 4 is 11.5 Å². The third kappa shape index (κ3) is 2.75. The summed E-state index contributed by atoms with van der Waals surface area (Å²) in [5, 5.41) is 3.27. The van der Waals surface area contributed by atoms with Crippen molar-refractivity contribution in [1.82, 2.24) is 4.98 Å². The Labute approximate surface area is 101 Å². The maximum absolute atomic E-state index is 11.3. The summed E-state index contributed by atoms with van der Waals surface area (Å²) in [6, 6.07) is 8.31. The van der Waals surface area contributed by atoms with Crippen LogP contribution in [0.15, 0.2) is 36.7 Å². The summed E-state index contributed by atoms with van der Waals surface area (Å²) in [4.78, 5) is 14.3. The first-order valence-corrected chi connectivity index (χ1v) is 5.64. The SMILES string of the molecule is CC(=O)c1c[nH]cc1NCc1cccc(C)c1. The van der Waals surface area contributed by atoms with Gasteiger partial charge in [0.15, 0.2) is 5.78 Å². The minimum atomic E-state index is 0.0676. The molecule has 2 rings (SSSR count). The van der Waals surface area contributed by atoms with Gasteiger partial charge in [0.25, 0.3) is 0 Å². The fourth-order valence-electron chi connectivity index (χ4n) is 1.82. The van der Waals surface area contributed by atoms with Crippen LogP contribution in [0.4, 0.5) is 5.69 Å². The average Bonchev–Trinajstić information content (AvgIpc) is 2.74. The van der Waals surface area contributed by atoms with Crippen molar-refractivity contribution in [2.75, 3.05) is 5.32 Å². The molecule has 0 saturated carbocycles. The Morgan fingerprint density at radius 3 is 2.88 bits per heavy atom. The number of aromatic amines is 1. The molecule has 0 fully saturated rings. The molecule has 0 aliphatic carbocycles. The Balaban J connectivity index is 2.07. The molecule has 0 atom stereocenters. The monoisotopic (exact) mass is 228 g/mol. The number of aromatic nitrogens is 1. The molecule has 2 N–H and O–H groups in total. The number of Topliss-reactive ketones (excluding diaryl/α,β-unsaturated/α-hetero) is 1. The predicted molar refractivity (Wildman–Crippen MR) is 69.3 cm³/mol. The van der Waals surface area contributed by atoms with Crippen molar-refractivity contribution < 1.29 is 4.79 Å². The lowest BCUT2D eigenvalue weighted by Gasteiger charge is -2.06. The van der Waals surface area contributed by atoms with Gasteiger partial charge in [-0.25, -0.2) is 0 Å². The van der Waals surface area contributed by atoms with Gasteiger partial charge < -0.3 is 10.3 Å². The highest BCUT2D eigenvalue weighted by molar-refractivity contribution is 5.99. The number of carbonyl (C=O) groups is 1. The normalized spacial score (nSPS) is 10.2. The van der Waals surface area contributed by atoms with Gasteiger partial charge in [0.05, 0.1) is 11.3 Å². The van der Waals surface area contributed by atoms with Crippen LogP contribution in [0, 0.1) is 6.92 Å². The second kappa shape index (κ2) is 4.87. The zero-order valence-corrected chi connectivity index (χ0v) is 10.1. The summed E-state index contributed by atoms with van der Waals surface area (Å²) in [5.41, 5.74) is 4.02. The van der Waals surface area contributed by atoms with Crippen molar-refractivity contribution in [3.05, 3.63) is 53.3 Å². The summed E-state index contributed by atoms with van der Waals surface area (Å²) >= 11 is 0. The van der Waals surface area contributed by atoms with Gasteiger partial charge in [0, 0.05) is 18.9 Å². The molecule has 3 heteroatoms. The first kappa shape index (κ1) is 11.5. The number of nitrogens with one attached hydrogen (secondary N) is 2. The summed E-state index contributed by atoms with van der Waals surface area (Å²) in [7, 11) is 0. The van der Waals surface area contributed by atoms with E-state index in [2.05, 4.69) is 35.4 Å². The summed E-state index contributed by atoms with van der Waals surface area (Å²) in [6.07, 6.45) is 3.54. The highest BCUT2D eigenvalue weighted by Gasteiger charge is 2.07. The number of benzene rings is 1. The largest absolute Gasteiger partial charge is 0.379 e. The molecule has 1 heterocycles. The van der Waals surface area contributed by atoms with Crippen molar-refractivity contribution in [3.63, 3.8) is 0 Å². The second-order valence-electron chi connectivity index (χ2n) is 4.18. The highest BCUT2D eigenvalue weighted by atomic mass is 16.1. The lowest BCUT2D eigenvalue weighted by atomic mass is 10.1. The number of rotatable bonds is 4. The summed E-state index contributed by atoms with van der Waals surface area (Å²) in [6.45, 7) is 4.36. The molecular weight excluding hydrogens is 212 g/mol. The third-order valence-corrected chi connectivity index (χ3v) is 2.69. The average molecular weight is 228 g/mol. The van der Waals surface area contributed by atoms with E-state index in [0.29, 0.717) is 5.56 Å². The Morgan fingerprint density at radius 1 is 1.35 bits per heavy atom. The molecular formula is C14H16N2O. The molecule has 1 aromatic heterocycles. The van der Waals surface area contributed by atoms with Crippen LogP contribution < -0.4 is 5.32 Å². The van der Waals surface area contributed by atoms with Gasteiger partial charge in [-0.15, -0.1) is 0 Å². The second-order valence-corrected chi connectivity index (χ2v) is 4.18. The Hall–Kier alpha value is -2.03. The number of H-pyrrole nitrogens is 1. The Kier molecular flexibility index (Phi) is 3.28. The molecule has 2 aromatic rings. The fourth-order valence-corrected chi connectivity index (χ4v) is 1.82. The minimum absolute atomic E-state index is 0.0676. The van der Waals surface area contributed by atoms with Gasteiger partial charge in [-0.05, 0) is 19.4 Å². The van der Waals surface area contributed by atoms with Gasteiger partial charge in [-0.2, -0.15) is 0 Å². The maximum Gasteiger partial charge on any atom is 0.163 e. The van der Waals surface area contributed by atoms with Crippen LogP contribution in [-0.4, -0.2) is 10.8 Å². The van der Waals surface area contributed by atoms with E-state index in [1.54, 1.807) is 13.1 Å². The summed E-state index contributed by atoms with van der Waals surface area (Å²) in [5.74, 6) is 0.0676. The Bertz CT molecular complexity index is 529. The number of carbonyl (C=O) groups excluding carboxylic acids is 1. The molecule has 0 saturated heterocycles. The minimum Gasteiger partial charge on any atom is -0.379 e. The molecule has 88 valence electrons. The topological polar surface area (TPSA) is 44.9 Å². The smallest absolute Gasteiger partial charge is 0.163 e. The van der Waals surface area contributed by atoms with Crippen molar-refractivity contribution in [3.8, 4) is 0 Å². The fraction of sp³-hybridized carbons (Fsp3) is 0.214. The van der Waals surface area contributed by atoms with E-state index in [4.69, 9.17) is 0 Å². The summed E-state index contributed by atoms with van der Waals surface area (Å²) < 4.78 is 0. The first-order valence-electron chi connectivity index (χ1n) is 5.64. The highest BCUT2D eigenvalue weighted by Crippen LogP contribution is 2.16. The first-order chi connectivity index (χ1) is 8.16. The quantitative estimate of drug-likeness (QED) is 0.790. The van der Waals surface area contributed by atoms with Crippen LogP contribution in [0.5, 0.6) is 0 Å². The van der Waals surface area contributed by atoms with Crippen molar-refractivity contribution in [2.24, 2.45) is 0 Å². The lowest BCUT2D eigenvalue weighted by molar-refractivity contribution is 0.101. The van der Waals surface area contributed by atoms with Gasteiger partial charge in [-0.3, -0.25) is 4.79 Å². The molecule has 1 aromatic carbocycles. The molecule has 0 spiro atoms. The lowest BCUT2D eigenvalue weighted by Crippen LogP contribution is -2.02. The standard InChI is InChI=1S/C14H16N2O/c1-10-4-3-5-12(6-10)7-16-14-9-15-8-13(14)11(2)17/h3-6,8-9,15-16H,7H2,1-2H3.